The molecule has 4 N–H and O–H groups in total. The lowest BCUT2D eigenvalue weighted by molar-refractivity contribution is 0.0600. The first-order chi connectivity index (χ1) is 10.3. The number of aromatic nitrogens is 1. The van der Waals surface area contributed by atoms with Crippen molar-refractivity contribution in [2.75, 3.05) is 7.11 Å². The van der Waals surface area contributed by atoms with Gasteiger partial charge < -0.3 is 25.2 Å². The number of phenols is 4. The third kappa shape index (κ3) is 2.20. The van der Waals surface area contributed by atoms with Gasteiger partial charge in [-0.1, -0.05) is 0 Å². The SMILES string of the molecule is COC(=O)c1ccc(=O)n(-c2c(O)c(O)c(C)c(O)c2O)c1. The number of rotatable bonds is 2. The Balaban J connectivity index is 2.83. The van der Waals surface area contributed by atoms with Gasteiger partial charge in [-0.15, -0.1) is 0 Å². The maximum absolute atomic E-state index is 11.9. The molecule has 0 atom stereocenters. The highest BCUT2D eigenvalue weighted by molar-refractivity contribution is 5.89. The molecule has 8 heteroatoms. The number of esters is 1. The van der Waals surface area contributed by atoms with Crippen LogP contribution in [0.3, 0.4) is 0 Å². The average molecular weight is 307 g/mol. The number of carbonyl (C=O) groups is 1. The summed E-state index contributed by atoms with van der Waals surface area (Å²) in [7, 11) is 1.15. The Labute approximate surface area is 124 Å². The zero-order chi connectivity index (χ0) is 16.6. The highest BCUT2D eigenvalue weighted by Gasteiger charge is 2.23. The van der Waals surface area contributed by atoms with Crippen LogP contribution in [0.2, 0.25) is 0 Å². The van der Waals surface area contributed by atoms with Crippen molar-refractivity contribution in [2.45, 2.75) is 6.92 Å². The van der Waals surface area contributed by atoms with Crippen molar-refractivity contribution >= 4 is 5.97 Å². The topological polar surface area (TPSA) is 129 Å². The second-order valence-electron chi connectivity index (χ2n) is 4.49. The van der Waals surface area contributed by atoms with Gasteiger partial charge in [-0.05, 0) is 13.0 Å². The quantitative estimate of drug-likeness (QED) is 0.366. The van der Waals surface area contributed by atoms with E-state index in [1.165, 1.54) is 13.0 Å². The first-order valence-corrected chi connectivity index (χ1v) is 6.07. The van der Waals surface area contributed by atoms with Gasteiger partial charge in [0.15, 0.2) is 23.0 Å². The van der Waals surface area contributed by atoms with Crippen LogP contribution in [0.25, 0.3) is 5.69 Å². The van der Waals surface area contributed by atoms with Crippen molar-refractivity contribution < 1.29 is 30.0 Å². The number of phenolic OH excluding ortho intramolecular Hbond substituents is 4. The summed E-state index contributed by atoms with van der Waals surface area (Å²) in [5.74, 6) is -3.75. The predicted molar refractivity (Wildman–Crippen MR) is 74.8 cm³/mol. The van der Waals surface area contributed by atoms with E-state index in [4.69, 9.17) is 0 Å². The fourth-order valence-electron chi connectivity index (χ4n) is 1.93. The summed E-state index contributed by atoms with van der Waals surface area (Å²) in [5, 5.41) is 39.4. The lowest BCUT2D eigenvalue weighted by Crippen LogP contribution is -2.19. The van der Waals surface area contributed by atoms with Gasteiger partial charge in [-0.3, -0.25) is 9.36 Å². The van der Waals surface area contributed by atoms with Crippen LogP contribution in [-0.4, -0.2) is 38.1 Å². The van der Waals surface area contributed by atoms with Gasteiger partial charge in [0.2, 0.25) is 0 Å². The van der Waals surface area contributed by atoms with Gasteiger partial charge >= 0.3 is 5.97 Å². The van der Waals surface area contributed by atoms with Gasteiger partial charge in [0.25, 0.3) is 5.56 Å². The van der Waals surface area contributed by atoms with Gasteiger partial charge in [-0.2, -0.15) is 0 Å². The Bertz CT molecular complexity index is 794. The molecule has 0 aliphatic heterocycles. The molecule has 0 unspecified atom stereocenters. The number of aromatic hydroxyl groups is 4. The van der Waals surface area contributed by atoms with Crippen molar-refractivity contribution in [3.05, 3.63) is 39.8 Å². The molecule has 22 heavy (non-hydrogen) atoms. The van der Waals surface area contributed by atoms with Crippen LogP contribution in [0.4, 0.5) is 0 Å². The van der Waals surface area contributed by atoms with E-state index in [9.17, 15) is 30.0 Å². The van der Waals surface area contributed by atoms with E-state index in [0.29, 0.717) is 0 Å². The zero-order valence-corrected chi connectivity index (χ0v) is 11.7. The van der Waals surface area contributed by atoms with Crippen LogP contribution in [-0.2, 0) is 4.74 Å². The molecule has 0 amide bonds. The maximum Gasteiger partial charge on any atom is 0.339 e. The third-order valence-corrected chi connectivity index (χ3v) is 3.18. The largest absolute Gasteiger partial charge is 0.504 e. The molecule has 8 nitrogen and oxygen atoms in total. The van der Waals surface area contributed by atoms with E-state index in [0.717, 1.165) is 23.9 Å². The van der Waals surface area contributed by atoms with E-state index in [2.05, 4.69) is 4.74 Å². The molecule has 1 aromatic heterocycles. The number of pyridine rings is 1. The van der Waals surface area contributed by atoms with Crippen LogP contribution in [0.1, 0.15) is 15.9 Å². The summed E-state index contributed by atoms with van der Waals surface area (Å²) >= 11 is 0. The highest BCUT2D eigenvalue weighted by atomic mass is 16.5. The number of ether oxygens (including phenoxy) is 1. The van der Waals surface area contributed by atoms with Gasteiger partial charge in [0, 0.05) is 17.8 Å². The van der Waals surface area contributed by atoms with Gasteiger partial charge in [0.1, 0.15) is 5.69 Å². The van der Waals surface area contributed by atoms with Gasteiger partial charge in [0.05, 0.1) is 12.7 Å². The van der Waals surface area contributed by atoms with Crippen molar-refractivity contribution in [1.29, 1.82) is 0 Å². The van der Waals surface area contributed by atoms with E-state index in [-0.39, 0.29) is 11.1 Å². The summed E-state index contributed by atoms with van der Waals surface area (Å²) < 4.78 is 5.23. The second kappa shape index (κ2) is 5.32. The van der Waals surface area contributed by atoms with Crippen molar-refractivity contribution in [3.8, 4) is 28.7 Å². The summed E-state index contributed by atoms with van der Waals surface area (Å²) in [5.41, 5.74) is -1.44. The van der Waals surface area contributed by atoms with Crippen LogP contribution in [0, 0.1) is 6.92 Å². The van der Waals surface area contributed by atoms with Crippen LogP contribution in [0.5, 0.6) is 23.0 Å². The molecule has 1 aromatic carbocycles. The molecule has 0 fully saturated rings. The summed E-state index contributed by atoms with van der Waals surface area (Å²) in [6.45, 7) is 1.27. The smallest absolute Gasteiger partial charge is 0.339 e. The molecular weight excluding hydrogens is 294 g/mol. The highest BCUT2D eigenvalue weighted by Crippen LogP contribution is 2.47. The predicted octanol–water partition coefficient (Wildman–Crippen LogP) is 0.755. The molecular formula is C14H13NO7. The van der Waals surface area contributed by atoms with Gasteiger partial charge in [-0.25, -0.2) is 4.79 Å². The molecule has 0 radical (unpaired) electrons. The molecule has 0 saturated heterocycles. The number of carbonyl (C=O) groups excluding carboxylic acids is 1. The Morgan fingerprint density at radius 2 is 1.59 bits per heavy atom. The first kappa shape index (κ1) is 15.2. The van der Waals surface area contributed by atoms with Crippen molar-refractivity contribution in [1.82, 2.24) is 4.57 Å². The Hall–Kier alpha value is -3.16. The monoisotopic (exact) mass is 307 g/mol. The molecule has 2 rings (SSSR count). The van der Waals surface area contributed by atoms with E-state index >= 15 is 0 Å². The molecule has 116 valence electrons. The first-order valence-electron chi connectivity index (χ1n) is 6.07. The summed E-state index contributed by atoms with van der Waals surface area (Å²) in [6, 6.07) is 2.21. The number of benzene rings is 1. The molecule has 0 saturated carbocycles. The fourth-order valence-corrected chi connectivity index (χ4v) is 1.93. The summed E-state index contributed by atoms with van der Waals surface area (Å²) in [6.07, 6.45) is 1.01. The van der Waals surface area contributed by atoms with Crippen LogP contribution < -0.4 is 5.56 Å². The molecule has 0 spiro atoms. The lowest BCUT2D eigenvalue weighted by Gasteiger charge is -2.15. The third-order valence-electron chi connectivity index (χ3n) is 3.18. The fraction of sp³-hybridized carbons (Fsp3) is 0.143. The number of hydrogen-bond acceptors (Lipinski definition) is 7. The molecule has 0 aliphatic rings. The van der Waals surface area contributed by atoms with Crippen molar-refractivity contribution in [2.24, 2.45) is 0 Å². The Morgan fingerprint density at radius 1 is 1.05 bits per heavy atom. The van der Waals surface area contributed by atoms with Crippen LogP contribution >= 0.6 is 0 Å². The molecule has 1 heterocycles. The molecule has 2 aromatic rings. The van der Waals surface area contributed by atoms with E-state index in [1.807, 2.05) is 0 Å². The molecule has 0 bridgehead atoms. The average Bonchev–Trinajstić information content (AvgIpc) is 2.52. The maximum atomic E-state index is 11.9. The minimum Gasteiger partial charge on any atom is -0.504 e. The van der Waals surface area contributed by atoms with Crippen LogP contribution in [0.15, 0.2) is 23.1 Å². The Morgan fingerprint density at radius 3 is 2.09 bits per heavy atom. The minimum atomic E-state index is -0.808. The number of hydrogen-bond donors (Lipinski definition) is 4. The number of methoxy groups -OCH3 is 1. The number of nitrogens with zero attached hydrogens (tertiary/aromatic N) is 1. The van der Waals surface area contributed by atoms with E-state index < -0.39 is 40.2 Å². The van der Waals surface area contributed by atoms with E-state index in [1.54, 1.807) is 0 Å². The molecule has 0 aliphatic carbocycles. The standard InChI is InChI=1S/C14H13NO7/c1-6-10(17)12(19)9(13(20)11(6)18)15-5-7(14(21)22-2)3-4-8(15)16/h3-5,17-20H,1-2H3. The normalized spacial score (nSPS) is 10.5. The lowest BCUT2D eigenvalue weighted by atomic mass is 10.1. The minimum absolute atomic E-state index is 0.0274. The van der Waals surface area contributed by atoms with Crippen molar-refractivity contribution in [3.63, 3.8) is 0 Å². The zero-order valence-electron chi connectivity index (χ0n) is 11.7. The summed E-state index contributed by atoms with van der Waals surface area (Å²) in [4.78, 5) is 23.4. The second-order valence-corrected chi connectivity index (χ2v) is 4.49. The Kier molecular flexibility index (Phi) is 3.68.